The van der Waals surface area contributed by atoms with Gasteiger partial charge in [0.15, 0.2) is 5.78 Å². The van der Waals surface area contributed by atoms with Gasteiger partial charge in [-0.2, -0.15) is 12.6 Å². The van der Waals surface area contributed by atoms with Gasteiger partial charge >= 0.3 is 12.1 Å². The Morgan fingerprint density at radius 3 is 2.27 bits per heavy atom. The number of ether oxygens (including phenoxy) is 3. The Hall–Kier alpha value is -3.04. The van der Waals surface area contributed by atoms with Gasteiger partial charge in [-0.25, -0.2) is 4.79 Å². The lowest BCUT2D eigenvalue weighted by atomic mass is 9.94. The molecule has 33 heavy (non-hydrogen) atoms. The highest BCUT2D eigenvalue weighted by Gasteiger charge is 2.24. The second-order valence-corrected chi connectivity index (χ2v) is 7.69. The zero-order valence-electron chi connectivity index (χ0n) is 18.7. The number of ketones is 1. The van der Waals surface area contributed by atoms with Crippen LogP contribution in [-0.4, -0.2) is 48.5 Å². The summed E-state index contributed by atoms with van der Waals surface area (Å²) in [6.07, 6.45) is -0.813. The molecular formula is C24H29NO7S. The quantitative estimate of drug-likeness (QED) is 0.241. The number of anilines is 1. The highest BCUT2D eigenvalue weighted by Crippen LogP contribution is 2.30. The number of Topliss-reactive ketones (excluding diaryl/α,β-unsaturated/α-hetero) is 1. The van der Waals surface area contributed by atoms with Crippen LogP contribution in [-0.2, 0) is 14.3 Å². The highest BCUT2D eigenvalue weighted by molar-refractivity contribution is 7.81. The molecule has 0 aliphatic heterocycles. The van der Waals surface area contributed by atoms with Crippen molar-refractivity contribution in [3.8, 4) is 5.75 Å². The number of benzene rings is 2. The van der Waals surface area contributed by atoms with Gasteiger partial charge in [0, 0.05) is 17.2 Å². The molecule has 2 N–H and O–H groups in total. The third kappa shape index (κ3) is 8.78. The second-order valence-electron chi connectivity index (χ2n) is 7.37. The number of carbonyl (C=O) groups is 3. The number of esters is 1. The molecule has 0 radical (unpaired) electrons. The molecule has 0 aromatic heterocycles. The second kappa shape index (κ2) is 13.5. The normalized spacial score (nSPS) is 12.4. The number of hydrogen-bond donors (Lipinski definition) is 3. The van der Waals surface area contributed by atoms with Gasteiger partial charge in [0.25, 0.3) is 0 Å². The lowest BCUT2D eigenvalue weighted by Gasteiger charge is -2.25. The first-order chi connectivity index (χ1) is 15.8. The number of hydrogen-bond acceptors (Lipinski definition) is 8. The maximum Gasteiger partial charge on any atom is 0.412 e. The predicted molar refractivity (Wildman–Crippen MR) is 127 cm³/mol. The molecular weight excluding hydrogens is 446 g/mol. The maximum absolute atomic E-state index is 12.6. The van der Waals surface area contributed by atoms with Crippen LogP contribution in [0.1, 0.15) is 42.3 Å². The molecule has 0 aliphatic rings. The number of rotatable bonds is 12. The van der Waals surface area contributed by atoms with Crippen molar-refractivity contribution in [2.75, 3.05) is 30.9 Å². The average molecular weight is 476 g/mol. The lowest BCUT2D eigenvalue weighted by molar-refractivity contribution is -0.141. The molecule has 9 heteroatoms. The first kappa shape index (κ1) is 26.2. The topological polar surface area (TPSA) is 111 Å². The average Bonchev–Trinajstić information content (AvgIpc) is 2.81. The summed E-state index contributed by atoms with van der Waals surface area (Å²) < 4.78 is 16.2. The van der Waals surface area contributed by atoms with Crippen LogP contribution in [0.5, 0.6) is 5.75 Å². The number of aliphatic hydroxyl groups is 1. The summed E-state index contributed by atoms with van der Waals surface area (Å²) >= 11 is 3.88. The number of nitrogens with one attached hydrogen (secondary N) is 1. The van der Waals surface area contributed by atoms with Crippen molar-refractivity contribution in [1.29, 1.82) is 0 Å². The van der Waals surface area contributed by atoms with Crippen molar-refractivity contribution in [1.82, 2.24) is 0 Å². The molecule has 0 unspecified atom stereocenters. The zero-order valence-corrected chi connectivity index (χ0v) is 19.5. The molecule has 2 rings (SSSR count). The van der Waals surface area contributed by atoms with E-state index in [1.807, 2.05) is 6.92 Å². The van der Waals surface area contributed by atoms with Gasteiger partial charge in [0.2, 0.25) is 0 Å². The summed E-state index contributed by atoms with van der Waals surface area (Å²) in [6.45, 7) is 3.62. The van der Waals surface area contributed by atoms with E-state index in [9.17, 15) is 14.4 Å². The highest BCUT2D eigenvalue weighted by atomic mass is 32.1. The smallest absolute Gasteiger partial charge is 0.412 e. The van der Waals surface area contributed by atoms with Crippen LogP contribution in [0.4, 0.5) is 10.5 Å². The molecule has 178 valence electrons. The Morgan fingerprint density at radius 2 is 1.70 bits per heavy atom. The van der Waals surface area contributed by atoms with E-state index in [0.717, 1.165) is 5.56 Å². The standard InChI is InChI=1S/C24H29NO7S/c1-16(11-13-31-22(28)15-33)23(19-5-9-21(10-6-19)30-14-12-26)32-24(29)25-20-7-3-18(4-8-20)17(2)27/h3-10,16,23,26,33H,11-15H2,1-2H3,(H,25,29)/t16-,23+/m0/s1. The summed E-state index contributed by atoms with van der Waals surface area (Å²) in [5.41, 5.74) is 1.77. The van der Waals surface area contributed by atoms with Crippen LogP contribution in [0, 0.1) is 5.92 Å². The largest absolute Gasteiger partial charge is 0.491 e. The molecule has 2 aromatic rings. The SMILES string of the molecule is CC(=O)c1ccc(NC(=O)O[C@@H](c2ccc(OCCO)cc2)[C@@H](C)CCOC(=O)CS)cc1. The van der Waals surface area contributed by atoms with Crippen LogP contribution >= 0.6 is 12.6 Å². The molecule has 0 aliphatic carbocycles. The molecule has 2 atom stereocenters. The summed E-state index contributed by atoms with van der Waals surface area (Å²) in [5, 5.41) is 11.6. The van der Waals surface area contributed by atoms with Gasteiger partial charge in [-0.3, -0.25) is 14.9 Å². The summed E-state index contributed by atoms with van der Waals surface area (Å²) in [7, 11) is 0. The fraction of sp³-hybridized carbons (Fsp3) is 0.375. The minimum absolute atomic E-state index is 0.00552. The molecule has 2 aromatic carbocycles. The van der Waals surface area contributed by atoms with Crippen molar-refractivity contribution >= 4 is 36.2 Å². The maximum atomic E-state index is 12.6. The molecule has 0 bridgehead atoms. The molecule has 0 spiro atoms. The number of carbonyl (C=O) groups excluding carboxylic acids is 3. The van der Waals surface area contributed by atoms with Crippen molar-refractivity contribution in [2.24, 2.45) is 5.92 Å². The lowest BCUT2D eigenvalue weighted by Crippen LogP contribution is -2.23. The minimum Gasteiger partial charge on any atom is -0.491 e. The molecule has 0 saturated heterocycles. The van der Waals surface area contributed by atoms with Gasteiger partial charge in [-0.15, -0.1) is 0 Å². The molecule has 1 amide bonds. The monoisotopic (exact) mass is 475 g/mol. The van der Waals surface area contributed by atoms with E-state index in [0.29, 0.717) is 23.4 Å². The van der Waals surface area contributed by atoms with Crippen LogP contribution < -0.4 is 10.1 Å². The van der Waals surface area contributed by atoms with Crippen LogP contribution in [0.25, 0.3) is 0 Å². The first-order valence-corrected chi connectivity index (χ1v) is 11.2. The van der Waals surface area contributed by atoms with Gasteiger partial charge in [-0.05, 0) is 55.3 Å². The Labute approximate surface area is 198 Å². The van der Waals surface area contributed by atoms with E-state index in [2.05, 4.69) is 17.9 Å². The van der Waals surface area contributed by atoms with Gasteiger partial charge in [0.1, 0.15) is 18.5 Å². The van der Waals surface area contributed by atoms with E-state index in [4.69, 9.17) is 19.3 Å². The van der Waals surface area contributed by atoms with Gasteiger partial charge in [-0.1, -0.05) is 19.1 Å². The zero-order chi connectivity index (χ0) is 24.2. The minimum atomic E-state index is -0.657. The third-order valence-corrected chi connectivity index (χ3v) is 5.08. The number of aliphatic hydroxyl groups excluding tert-OH is 1. The fourth-order valence-corrected chi connectivity index (χ4v) is 3.13. The number of thiol groups is 1. The Morgan fingerprint density at radius 1 is 1.03 bits per heavy atom. The Balaban J connectivity index is 2.10. The first-order valence-electron chi connectivity index (χ1n) is 10.5. The molecule has 0 heterocycles. The van der Waals surface area contributed by atoms with E-state index in [1.54, 1.807) is 48.5 Å². The van der Waals surface area contributed by atoms with Crippen molar-refractivity contribution in [3.63, 3.8) is 0 Å². The summed E-state index contributed by atoms with van der Waals surface area (Å²) in [5.74, 6) is -0.0816. The Bertz CT molecular complexity index is 915. The predicted octanol–water partition coefficient (Wildman–Crippen LogP) is 4.05. The molecule has 0 fully saturated rings. The van der Waals surface area contributed by atoms with Crippen LogP contribution in [0.2, 0.25) is 0 Å². The number of amides is 1. The van der Waals surface area contributed by atoms with E-state index in [-0.39, 0.29) is 37.3 Å². The Kier molecular flexibility index (Phi) is 10.7. The third-order valence-electron chi connectivity index (χ3n) is 4.82. The van der Waals surface area contributed by atoms with Crippen molar-refractivity contribution in [3.05, 3.63) is 59.7 Å². The van der Waals surface area contributed by atoms with Crippen molar-refractivity contribution < 1.29 is 33.7 Å². The van der Waals surface area contributed by atoms with E-state index in [1.165, 1.54) is 6.92 Å². The van der Waals surface area contributed by atoms with Crippen LogP contribution in [0.15, 0.2) is 48.5 Å². The summed E-state index contributed by atoms with van der Waals surface area (Å²) in [6, 6.07) is 13.5. The molecule has 8 nitrogen and oxygen atoms in total. The summed E-state index contributed by atoms with van der Waals surface area (Å²) in [4.78, 5) is 35.4. The molecule has 0 saturated carbocycles. The van der Waals surface area contributed by atoms with Gasteiger partial charge < -0.3 is 19.3 Å². The fourth-order valence-electron chi connectivity index (χ4n) is 3.04. The van der Waals surface area contributed by atoms with Crippen LogP contribution in [0.3, 0.4) is 0 Å². The van der Waals surface area contributed by atoms with Crippen molar-refractivity contribution in [2.45, 2.75) is 26.4 Å². The van der Waals surface area contributed by atoms with Gasteiger partial charge in [0.05, 0.1) is 19.0 Å². The van der Waals surface area contributed by atoms with E-state index >= 15 is 0 Å². The van der Waals surface area contributed by atoms with E-state index < -0.39 is 18.2 Å².